The largest absolute Gasteiger partial charge is 0.507 e. The normalized spacial score (nSPS) is 12.9. The number of para-hydroxylation sites is 1. The van der Waals surface area contributed by atoms with Crippen molar-refractivity contribution in [3.8, 4) is 27.4 Å². The molecule has 0 saturated heterocycles. The van der Waals surface area contributed by atoms with Crippen molar-refractivity contribution in [2.45, 2.75) is 78.6 Å². The van der Waals surface area contributed by atoms with Gasteiger partial charge >= 0.3 is 0 Å². The van der Waals surface area contributed by atoms with Gasteiger partial charge in [-0.3, -0.25) is 9.98 Å². The first-order chi connectivity index (χ1) is 23.6. The summed E-state index contributed by atoms with van der Waals surface area (Å²) in [6.07, 6.45) is 3.70. The molecular weight excluding hydrogens is 631 g/mol. The van der Waals surface area contributed by atoms with Crippen LogP contribution in [0, 0.1) is 0 Å². The van der Waals surface area contributed by atoms with Crippen molar-refractivity contribution < 1.29 is 5.11 Å². The molecule has 2 aromatic heterocycles. The summed E-state index contributed by atoms with van der Waals surface area (Å²) in [7, 11) is 0. The van der Waals surface area contributed by atoms with Gasteiger partial charge in [-0.05, 0) is 63.1 Å². The summed E-state index contributed by atoms with van der Waals surface area (Å²) in [5, 5.41) is 15.7. The fourth-order valence-electron chi connectivity index (χ4n) is 6.57. The number of benzene rings is 5. The highest BCUT2D eigenvalue weighted by atomic mass is 32.1. The van der Waals surface area contributed by atoms with Crippen LogP contribution >= 0.6 is 11.3 Å². The Morgan fingerprint density at radius 2 is 1.34 bits per heavy atom. The minimum absolute atomic E-state index is 0.0565. The van der Waals surface area contributed by atoms with Crippen LogP contribution in [0.1, 0.15) is 84.6 Å². The van der Waals surface area contributed by atoms with E-state index in [1.165, 1.54) is 5.56 Å². The number of nitrogens with zero attached hydrogens (tertiary/aromatic N) is 3. The number of pyridine rings is 1. The summed E-state index contributed by atoms with van der Waals surface area (Å²) in [5.41, 5.74) is 9.57. The number of phenols is 1. The molecule has 0 amide bonds. The minimum atomic E-state index is -0.233. The topological polar surface area (TPSA) is 58.4 Å². The average molecular weight is 676 g/mol. The van der Waals surface area contributed by atoms with Crippen LogP contribution in [-0.4, -0.2) is 21.3 Å². The van der Waals surface area contributed by atoms with Gasteiger partial charge in [-0.1, -0.05) is 123 Å². The molecule has 0 fully saturated rings. The molecule has 0 radical (unpaired) electrons. The van der Waals surface area contributed by atoms with Gasteiger partial charge in [-0.25, -0.2) is 4.98 Å². The Bertz CT molecular complexity index is 2440. The molecule has 0 spiro atoms. The van der Waals surface area contributed by atoms with Crippen LogP contribution < -0.4 is 0 Å². The summed E-state index contributed by atoms with van der Waals surface area (Å²) in [5.74, 6) is 0.277. The maximum atomic E-state index is 11.6. The number of hydrogen-bond acceptors (Lipinski definition) is 5. The van der Waals surface area contributed by atoms with Crippen LogP contribution in [0.5, 0.6) is 5.75 Å². The van der Waals surface area contributed by atoms with Gasteiger partial charge in [0.25, 0.3) is 0 Å². The highest BCUT2D eigenvalue weighted by molar-refractivity contribution is 7.21. The second-order valence-electron chi connectivity index (χ2n) is 16.4. The quantitative estimate of drug-likeness (QED) is 0.189. The van der Waals surface area contributed by atoms with Gasteiger partial charge in [0.05, 0.1) is 21.4 Å². The van der Waals surface area contributed by atoms with Crippen LogP contribution in [0.15, 0.2) is 102 Å². The van der Waals surface area contributed by atoms with Gasteiger partial charge in [0.1, 0.15) is 10.8 Å². The standard InChI is InChI=1S/C45H45N3OS/c1-43(2,3)30-22-29(41(49)36(24-30)45(7,8)9)26-47-39-32-17-11-10-14-27(32)19-20-34(39)42-48-40-35(23-31(44(4,5)6)25-37(40)50-42)33-18-12-15-28-16-13-21-46-38(28)33/h10-26,49H,1-9H3. The lowest BCUT2D eigenvalue weighted by Crippen LogP contribution is -2.17. The van der Waals surface area contributed by atoms with Gasteiger partial charge < -0.3 is 5.11 Å². The number of hydrogen-bond donors (Lipinski definition) is 1. The van der Waals surface area contributed by atoms with E-state index >= 15 is 0 Å². The summed E-state index contributed by atoms with van der Waals surface area (Å²) in [4.78, 5) is 15.4. The molecule has 0 unspecified atom stereocenters. The van der Waals surface area contributed by atoms with Gasteiger partial charge in [0.2, 0.25) is 0 Å². The molecule has 4 nitrogen and oxygen atoms in total. The zero-order valence-electron chi connectivity index (χ0n) is 30.5. The second-order valence-corrected chi connectivity index (χ2v) is 17.5. The van der Waals surface area contributed by atoms with E-state index in [9.17, 15) is 5.11 Å². The van der Waals surface area contributed by atoms with E-state index < -0.39 is 0 Å². The number of aliphatic imine (C=N–C) groups is 1. The molecule has 0 saturated carbocycles. The first-order valence-corrected chi connectivity index (χ1v) is 18.1. The monoisotopic (exact) mass is 675 g/mol. The molecule has 0 aliphatic rings. The van der Waals surface area contributed by atoms with Crippen molar-refractivity contribution in [3.05, 3.63) is 119 Å². The molecule has 7 aromatic rings. The van der Waals surface area contributed by atoms with E-state index in [1.807, 2.05) is 18.5 Å². The summed E-state index contributed by atoms with van der Waals surface area (Å²) < 4.78 is 1.13. The molecular formula is C45H45N3OS. The number of rotatable bonds is 4. The van der Waals surface area contributed by atoms with E-state index in [0.717, 1.165) is 70.4 Å². The molecule has 7 rings (SSSR count). The number of phenolic OH excluding ortho intramolecular Hbond substituents is 1. The molecule has 0 atom stereocenters. The molecule has 0 aliphatic carbocycles. The van der Waals surface area contributed by atoms with E-state index in [0.29, 0.717) is 5.56 Å². The maximum absolute atomic E-state index is 11.6. The van der Waals surface area contributed by atoms with E-state index in [1.54, 1.807) is 11.3 Å². The average Bonchev–Trinajstić information content (AvgIpc) is 3.50. The van der Waals surface area contributed by atoms with E-state index in [-0.39, 0.29) is 22.0 Å². The highest BCUT2D eigenvalue weighted by Gasteiger charge is 2.25. The SMILES string of the molecule is CC(C)(C)c1cc(C=Nc2c(-c3nc4c(-c5cccc6cccnc56)cc(C(C)(C)C)cc4s3)ccc3ccccc23)c(O)c(C(C)(C)C)c1. The number of aromatic hydroxyl groups is 1. The zero-order chi connectivity index (χ0) is 35.6. The Morgan fingerprint density at radius 3 is 2.08 bits per heavy atom. The molecule has 2 heterocycles. The Hall–Kier alpha value is -4.87. The van der Waals surface area contributed by atoms with Crippen molar-refractivity contribution in [2.75, 3.05) is 0 Å². The zero-order valence-corrected chi connectivity index (χ0v) is 31.3. The Balaban J connectivity index is 1.47. The number of thiazole rings is 1. The molecule has 5 aromatic carbocycles. The van der Waals surface area contributed by atoms with Crippen LogP contribution in [0.4, 0.5) is 5.69 Å². The van der Waals surface area contributed by atoms with Crippen molar-refractivity contribution in [2.24, 2.45) is 4.99 Å². The molecule has 50 heavy (non-hydrogen) atoms. The summed E-state index contributed by atoms with van der Waals surface area (Å²) in [6.45, 7) is 19.8. The second kappa shape index (κ2) is 12.2. The lowest BCUT2D eigenvalue weighted by atomic mass is 9.79. The van der Waals surface area contributed by atoms with Crippen molar-refractivity contribution in [3.63, 3.8) is 0 Å². The fraction of sp³-hybridized carbons (Fsp3) is 0.267. The highest BCUT2D eigenvalue weighted by Crippen LogP contribution is 2.45. The van der Waals surface area contributed by atoms with Gasteiger partial charge in [0.15, 0.2) is 0 Å². The summed E-state index contributed by atoms with van der Waals surface area (Å²) >= 11 is 1.70. The molecule has 0 bridgehead atoms. The minimum Gasteiger partial charge on any atom is -0.507 e. The smallest absolute Gasteiger partial charge is 0.128 e. The third-order valence-electron chi connectivity index (χ3n) is 9.56. The van der Waals surface area contributed by atoms with Gasteiger partial charge in [-0.2, -0.15) is 0 Å². The Labute approximate surface area is 299 Å². The predicted octanol–water partition coefficient (Wildman–Crippen LogP) is 12.7. The summed E-state index contributed by atoms with van der Waals surface area (Å²) in [6, 6.07) is 31.9. The van der Waals surface area contributed by atoms with Crippen LogP contribution in [-0.2, 0) is 16.2 Å². The van der Waals surface area contributed by atoms with E-state index in [4.69, 9.17) is 15.0 Å². The molecule has 1 N–H and O–H groups in total. The molecule has 5 heteroatoms. The van der Waals surface area contributed by atoms with Crippen molar-refractivity contribution >= 4 is 55.1 Å². The third kappa shape index (κ3) is 6.20. The first kappa shape index (κ1) is 33.6. The third-order valence-corrected chi connectivity index (χ3v) is 10.6. The lowest BCUT2D eigenvalue weighted by Gasteiger charge is -2.27. The number of fused-ring (bicyclic) bond motifs is 3. The fourth-order valence-corrected chi connectivity index (χ4v) is 7.62. The maximum Gasteiger partial charge on any atom is 0.128 e. The molecule has 0 aliphatic heterocycles. The van der Waals surface area contributed by atoms with Crippen LogP contribution in [0.3, 0.4) is 0 Å². The molecule has 252 valence electrons. The van der Waals surface area contributed by atoms with Crippen LogP contribution in [0.25, 0.3) is 53.6 Å². The number of aromatic nitrogens is 2. The van der Waals surface area contributed by atoms with E-state index in [2.05, 4.69) is 147 Å². The van der Waals surface area contributed by atoms with Gasteiger partial charge in [0, 0.05) is 51.0 Å². The van der Waals surface area contributed by atoms with Crippen molar-refractivity contribution in [1.82, 2.24) is 9.97 Å². The predicted molar refractivity (Wildman–Crippen MR) is 215 cm³/mol. The van der Waals surface area contributed by atoms with Gasteiger partial charge in [-0.15, -0.1) is 11.3 Å². The Morgan fingerprint density at radius 1 is 0.640 bits per heavy atom. The van der Waals surface area contributed by atoms with Crippen molar-refractivity contribution in [1.29, 1.82) is 0 Å². The Kier molecular flexibility index (Phi) is 8.18. The van der Waals surface area contributed by atoms with Crippen LogP contribution in [0.2, 0.25) is 0 Å². The lowest BCUT2D eigenvalue weighted by molar-refractivity contribution is 0.444. The first-order valence-electron chi connectivity index (χ1n) is 17.3.